The van der Waals surface area contributed by atoms with Crippen LogP contribution in [0.25, 0.3) is 0 Å². The van der Waals surface area contributed by atoms with Crippen LogP contribution in [0, 0.1) is 12.3 Å². The Kier molecular flexibility index (Phi) is 6.75. The second kappa shape index (κ2) is 8.08. The van der Waals surface area contributed by atoms with E-state index < -0.39 is 11.4 Å². The Bertz CT molecular complexity index is 487. The molecule has 5 heteroatoms. The van der Waals surface area contributed by atoms with Gasteiger partial charge in [-0.1, -0.05) is 36.8 Å². The van der Waals surface area contributed by atoms with Gasteiger partial charge in [-0.05, 0) is 25.8 Å². The highest BCUT2D eigenvalue weighted by Crippen LogP contribution is 2.20. The Morgan fingerprint density at radius 3 is 2.43 bits per heavy atom. The van der Waals surface area contributed by atoms with Gasteiger partial charge in [-0.2, -0.15) is 0 Å². The number of carbonyl (C=O) groups excluding carboxylic acids is 1. The first-order valence-corrected chi connectivity index (χ1v) is 8.16. The zero-order chi connectivity index (χ0) is 15.9. The highest BCUT2D eigenvalue weighted by Gasteiger charge is 2.31. The summed E-state index contributed by atoms with van der Waals surface area (Å²) in [6, 6.07) is 8.21. The van der Waals surface area contributed by atoms with E-state index in [4.69, 9.17) is 5.11 Å². The molecule has 1 amide bonds. The maximum absolute atomic E-state index is 11.7. The number of aliphatic carboxylic acids is 1. The molecule has 4 nitrogen and oxygen atoms in total. The molecule has 0 saturated carbocycles. The Morgan fingerprint density at radius 2 is 1.90 bits per heavy atom. The predicted octanol–water partition coefficient (Wildman–Crippen LogP) is 2.85. The summed E-state index contributed by atoms with van der Waals surface area (Å²) >= 11 is 1.53. The number of rotatable bonds is 8. The molecule has 1 unspecified atom stereocenters. The van der Waals surface area contributed by atoms with Gasteiger partial charge in [0.15, 0.2) is 0 Å². The molecule has 21 heavy (non-hydrogen) atoms. The van der Waals surface area contributed by atoms with Crippen molar-refractivity contribution in [2.24, 2.45) is 5.41 Å². The molecule has 0 aliphatic rings. The summed E-state index contributed by atoms with van der Waals surface area (Å²) < 4.78 is 0. The van der Waals surface area contributed by atoms with Gasteiger partial charge in [0.2, 0.25) is 5.91 Å². The van der Waals surface area contributed by atoms with Crippen molar-refractivity contribution >= 4 is 23.6 Å². The molecule has 0 aromatic heterocycles. The van der Waals surface area contributed by atoms with Gasteiger partial charge < -0.3 is 10.4 Å². The van der Waals surface area contributed by atoms with Gasteiger partial charge in [0.05, 0.1) is 11.2 Å². The first-order valence-electron chi connectivity index (χ1n) is 7.01. The van der Waals surface area contributed by atoms with Crippen LogP contribution >= 0.6 is 11.8 Å². The maximum atomic E-state index is 11.7. The molecule has 0 heterocycles. The highest BCUT2D eigenvalue weighted by atomic mass is 32.2. The molecule has 116 valence electrons. The summed E-state index contributed by atoms with van der Waals surface area (Å²) in [4.78, 5) is 22.9. The van der Waals surface area contributed by atoms with Gasteiger partial charge in [0.25, 0.3) is 0 Å². The third kappa shape index (κ3) is 5.79. The molecular formula is C16H23NO3S. The smallest absolute Gasteiger partial charge is 0.311 e. The number of carboxylic acid groups (broad SMARTS) is 1. The SMILES string of the molecule is CCC(C)(CNC(=O)CSCc1ccc(C)cc1)C(=O)O. The van der Waals surface area contributed by atoms with Crippen molar-refractivity contribution in [3.05, 3.63) is 35.4 Å². The van der Waals surface area contributed by atoms with Crippen LogP contribution in [0.3, 0.4) is 0 Å². The van der Waals surface area contributed by atoms with E-state index in [1.165, 1.54) is 22.9 Å². The molecule has 0 aliphatic carbocycles. The minimum absolute atomic E-state index is 0.118. The molecule has 1 atom stereocenters. The van der Waals surface area contributed by atoms with Crippen molar-refractivity contribution < 1.29 is 14.7 Å². The van der Waals surface area contributed by atoms with Crippen molar-refractivity contribution in [3.63, 3.8) is 0 Å². The Morgan fingerprint density at radius 1 is 1.29 bits per heavy atom. The van der Waals surface area contributed by atoms with E-state index in [1.54, 1.807) is 6.92 Å². The number of amides is 1. The number of hydrogen-bond donors (Lipinski definition) is 2. The third-order valence-corrected chi connectivity index (χ3v) is 4.60. The third-order valence-electron chi connectivity index (χ3n) is 3.59. The average Bonchev–Trinajstić information content (AvgIpc) is 2.46. The lowest BCUT2D eigenvalue weighted by Crippen LogP contribution is -2.41. The zero-order valence-electron chi connectivity index (χ0n) is 12.8. The molecular weight excluding hydrogens is 286 g/mol. The molecule has 2 N–H and O–H groups in total. The number of carboxylic acids is 1. The van der Waals surface area contributed by atoms with Gasteiger partial charge in [0, 0.05) is 12.3 Å². The first kappa shape index (κ1) is 17.6. The van der Waals surface area contributed by atoms with E-state index in [0.29, 0.717) is 12.2 Å². The molecule has 1 aromatic rings. The summed E-state index contributed by atoms with van der Waals surface area (Å²) in [7, 11) is 0. The van der Waals surface area contributed by atoms with Gasteiger partial charge >= 0.3 is 5.97 Å². The van der Waals surface area contributed by atoms with Crippen molar-refractivity contribution in [2.45, 2.75) is 32.9 Å². The van der Waals surface area contributed by atoms with E-state index >= 15 is 0 Å². The summed E-state index contributed by atoms with van der Waals surface area (Å²) in [5, 5.41) is 11.8. The molecule has 0 radical (unpaired) electrons. The van der Waals surface area contributed by atoms with Gasteiger partial charge in [-0.25, -0.2) is 0 Å². The van der Waals surface area contributed by atoms with Crippen molar-refractivity contribution in [1.29, 1.82) is 0 Å². The van der Waals surface area contributed by atoms with Crippen LogP contribution in [-0.2, 0) is 15.3 Å². The summed E-state index contributed by atoms with van der Waals surface area (Å²) in [5.74, 6) is 0.121. The summed E-state index contributed by atoms with van der Waals surface area (Å²) in [6.45, 7) is 5.67. The second-order valence-corrected chi connectivity index (χ2v) is 6.46. The van der Waals surface area contributed by atoms with E-state index in [-0.39, 0.29) is 12.5 Å². The van der Waals surface area contributed by atoms with Crippen molar-refractivity contribution in [1.82, 2.24) is 5.32 Å². The monoisotopic (exact) mass is 309 g/mol. The number of aryl methyl sites for hydroxylation is 1. The molecule has 1 rings (SSSR count). The number of benzene rings is 1. The molecule has 1 aromatic carbocycles. The number of carbonyl (C=O) groups is 2. The molecule has 0 bridgehead atoms. The second-order valence-electron chi connectivity index (χ2n) is 5.47. The minimum Gasteiger partial charge on any atom is -0.481 e. The minimum atomic E-state index is -0.892. The van der Waals surface area contributed by atoms with Crippen LogP contribution < -0.4 is 5.32 Å². The molecule has 0 spiro atoms. The number of hydrogen-bond acceptors (Lipinski definition) is 3. The summed E-state index contributed by atoms with van der Waals surface area (Å²) in [6.07, 6.45) is 0.485. The van der Waals surface area contributed by atoms with Gasteiger partial charge in [-0.3, -0.25) is 9.59 Å². The van der Waals surface area contributed by atoms with E-state index in [9.17, 15) is 9.59 Å². The summed E-state index contributed by atoms with van der Waals surface area (Å²) in [5.41, 5.74) is 1.51. The van der Waals surface area contributed by atoms with Crippen LogP contribution in [0.2, 0.25) is 0 Å². The Balaban J connectivity index is 2.31. The van der Waals surface area contributed by atoms with Crippen LogP contribution in [-0.4, -0.2) is 29.3 Å². The highest BCUT2D eigenvalue weighted by molar-refractivity contribution is 7.99. The fourth-order valence-electron chi connectivity index (χ4n) is 1.64. The molecule has 0 aliphatic heterocycles. The van der Waals surface area contributed by atoms with E-state index in [0.717, 1.165) is 5.75 Å². The van der Waals surface area contributed by atoms with Crippen LogP contribution in [0.5, 0.6) is 0 Å². The quantitative estimate of drug-likeness (QED) is 0.775. The largest absolute Gasteiger partial charge is 0.481 e. The zero-order valence-corrected chi connectivity index (χ0v) is 13.6. The molecule has 0 fully saturated rings. The van der Waals surface area contributed by atoms with Crippen molar-refractivity contribution in [3.8, 4) is 0 Å². The topological polar surface area (TPSA) is 66.4 Å². The van der Waals surface area contributed by atoms with Crippen molar-refractivity contribution in [2.75, 3.05) is 12.3 Å². The van der Waals surface area contributed by atoms with Crippen LogP contribution in [0.15, 0.2) is 24.3 Å². The number of thioether (sulfide) groups is 1. The van der Waals surface area contributed by atoms with E-state index in [2.05, 4.69) is 29.6 Å². The number of nitrogens with one attached hydrogen (secondary N) is 1. The lowest BCUT2D eigenvalue weighted by Gasteiger charge is -2.23. The van der Waals surface area contributed by atoms with E-state index in [1.807, 2.05) is 13.8 Å². The van der Waals surface area contributed by atoms with Crippen LogP contribution in [0.1, 0.15) is 31.4 Å². The fraction of sp³-hybridized carbons (Fsp3) is 0.500. The predicted molar refractivity (Wildman–Crippen MR) is 86.4 cm³/mol. The van der Waals surface area contributed by atoms with Crippen LogP contribution in [0.4, 0.5) is 0 Å². The normalized spacial score (nSPS) is 13.5. The van der Waals surface area contributed by atoms with Gasteiger partial charge in [0.1, 0.15) is 0 Å². The van der Waals surface area contributed by atoms with Gasteiger partial charge in [-0.15, -0.1) is 11.8 Å². The standard InChI is InChI=1S/C16H23NO3S/c1-4-16(3,15(19)20)11-17-14(18)10-21-9-13-7-5-12(2)6-8-13/h5-8H,4,9-11H2,1-3H3,(H,17,18)(H,19,20). The Labute approximate surface area is 130 Å². The lowest BCUT2D eigenvalue weighted by molar-refractivity contribution is -0.148. The fourth-order valence-corrected chi connectivity index (χ4v) is 2.46. The maximum Gasteiger partial charge on any atom is 0.311 e. The average molecular weight is 309 g/mol. The Hall–Kier alpha value is -1.49. The molecule has 0 saturated heterocycles. The lowest BCUT2D eigenvalue weighted by atomic mass is 9.88. The first-order chi connectivity index (χ1) is 9.87.